The lowest BCUT2D eigenvalue weighted by atomic mass is 10.2. The quantitative estimate of drug-likeness (QED) is 0.545. The van der Waals surface area contributed by atoms with E-state index in [1.165, 1.54) is 10.8 Å². The van der Waals surface area contributed by atoms with Gasteiger partial charge < -0.3 is 14.9 Å². The Kier molecular flexibility index (Phi) is 3.02. The highest BCUT2D eigenvalue weighted by Gasteiger charge is 2.19. The second kappa shape index (κ2) is 4.86. The highest BCUT2D eigenvalue weighted by Crippen LogP contribution is 2.27. The minimum Gasteiger partial charge on any atom is -0.494 e. The van der Waals surface area contributed by atoms with E-state index in [2.05, 4.69) is 9.97 Å². The van der Waals surface area contributed by atoms with Crippen LogP contribution in [0.2, 0.25) is 0 Å². The molecule has 0 radical (unpaired) electrons. The Balaban J connectivity index is 2.19. The fourth-order valence-electron chi connectivity index (χ4n) is 2.22. The van der Waals surface area contributed by atoms with Crippen molar-refractivity contribution in [1.29, 1.82) is 0 Å². The van der Waals surface area contributed by atoms with E-state index in [4.69, 9.17) is 4.74 Å². The Labute approximate surface area is 120 Å². The fourth-order valence-corrected chi connectivity index (χ4v) is 2.22. The molecule has 0 atom stereocenters. The number of nitro groups is 1. The van der Waals surface area contributed by atoms with Gasteiger partial charge >= 0.3 is 5.82 Å². The molecule has 7 heteroatoms. The summed E-state index contributed by atoms with van der Waals surface area (Å²) < 4.78 is 6.70. The van der Waals surface area contributed by atoms with Gasteiger partial charge in [0.05, 0.1) is 14.2 Å². The number of aromatic nitrogens is 3. The van der Waals surface area contributed by atoms with E-state index in [0.717, 1.165) is 5.39 Å². The van der Waals surface area contributed by atoms with Crippen LogP contribution < -0.4 is 4.74 Å². The van der Waals surface area contributed by atoms with Gasteiger partial charge in [0.1, 0.15) is 23.2 Å². The summed E-state index contributed by atoms with van der Waals surface area (Å²) in [5, 5.41) is 11.8. The lowest BCUT2D eigenvalue weighted by Crippen LogP contribution is -2.00. The first-order valence-corrected chi connectivity index (χ1v) is 6.22. The number of methoxy groups -OCH3 is 1. The summed E-state index contributed by atoms with van der Waals surface area (Å²) >= 11 is 0. The third-order valence-corrected chi connectivity index (χ3v) is 3.28. The molecule has 0 N–H and O–H groups in total. The van der Waals surface area contributed by atoms with Crippen molar-refractivity contribution in [2.75, 3.05) is 7.11 Å². The molecule has 0 bridgehead atoms. The molecule has 1 aromatic carbocycles. The Morgan fingerprint density at radius 2 is 2.10 bits per heavy atom. The van der Waals surface area contributed by atoms with Gasteiger partial charge in [0.15, 0.2) is 0 Å². The van der Waals surface area contributed by atoms with Crippen LogP contribution in [-0.2, 0) is 7.05 Å². The van der Waals surface area contributed by atoms with Crippen molar-refractivity contribution in [3.63, 3.8) is 0 Å². The van der Waals surface area contributed by atoms with Gasteiger partial charge in [0, 0.05) is 5.39 Å². The minimum atomic E-state index is -0.474. The molecule has 0 aliphatic carbocycles. The van der Waals surface area contributed by atoms with Gasteiger partial charge in [0.2, 0.25) is 5.82 Å². The number of pyridine rings is 1. The molecule has 106 valence electrons. The van der Waals surface area contributed by atoms with Crippen molar-refractivity contribution in [2.45, 2.75) is 0 Å². The molecule has 3 rings (SSSR count). The van der Waals surface area contributed by atoms with Crippen LogP contribution in [0.15, 0.2) is 36.5 Å². The number of nitrogens with zero attached hydrogens (tertiary/aromatic N) is 4. The van der Waals surface area contributed by atoms with Gasteiger partial charge in [-0.25, -0.2) is 14.5 Å². The van der Waals surface area contributed by atoms with E-state index in [-0.39, 0.29) is 5.82 Å². The molecule has 3 aromatic rings. The van der Waals surface area contributed by atoms with Crippen LogP contribution in [-0.4, -0.2) is 26.6 Å². The van der Waals surface area contributed by atoms with E-state index >= 15 is 0 Å². The molecular weight excluding hydrogens is 272 g/mol. The predicted octanol–water partition coefficient (Wildman–Crippen LogP) is 2.55. The minimum absolute atomic E-state index is 0.0769. The second-order valence-electron chi connectivity index (χ2n) is 4.48. The molecule has 0 spiro atoms. The molecule has 0 unspecified atom stereocenters. The van der Waals surface area contributed by atoms with Crippen molar-refractivity contribution >= 4 is 16.7 Å². The summed E-state index contributed by atoms with van der Waals surface area (Å²) in [4.78, 5) is 19.0. The fraction of sp³-hybridized carbons (Fsp3) is 0.143. The first-order valence-electron chi connectivity index (χ1n) is 6.22. The maximum atomic E-state index is 10.9. The van der Waals surface area contributed by atoms with Gasteiger partial charge in [-0.05, 0) is 17.1 Å². The summed E-state index contributed by atoms with van der Waals surface area (Å²) in [7, 11) is 3.17. The van der Waals surface area contributed by atoms with Crippen LogP contribution in [0.25, 0.3) is 22.4 Å². The SMILES string of the molecule is COc1cccc2ccc(-c3ncc([N+](=O)[O-])n3C)nc12. The third-order valence-electron chi connectivity index (χ3n) is 3.28. The standard InChI is InChI=1S/C14H12N4O3/c1-17-12(18(19)20)8-15-14(17)10-7-6-9-4-3-5-11(21-2)13(9)16-10/h3-8H,1-2H3. The highest BCUT2D eigenvalue weighted by molar-refractivity contribution is 5.86. The van der Waals surface area contributed by atoms with E-state index in [9.17, 15) is 10.1 Å². The number of ether oxygens (including phenoxy) is 1. The van der Waals surface area contributed by atoms with Crippen molar-refractivity contribution in [3.05, 3.63) is 46.6 Å². The average Bonchev–Trinajstić information content (AvgIpc) is 2.88. The van der Waals surface area contributed by atoms with Crippen LogP contribution in [0.3, 0.4) is 0 Å². The van der Waals surface area contributed by atoms with E-state index in [0.29, 0.717) is 22.8 Å². The van der Waals surface area contributed by atoms with Crippen LogP contribution in [0.1, 0.15) is 0 Å². The predicted molar refractivity (Wildman–Crippen MR) is 77.2 cm³/mol. The lowest BCUT2D eigenvalue weighted by molar-refractivity contribution is -0.391. The highest BCUT2D eigenvalue weighted by atomic mass is 16.6. The number of fused-ring (bicyclic) bond motifs is 1. The van der Waals surface area contributed by atoms with Crippen LogP contribution in [0, 0.1) is 10.1 Å². The second-order valence-corrected chi connectivity index (χ2v) is 4.48. The molecule has 0 saturated carbocycles. The molecule has 0 saturated heterocycles. The Morgan fingerprint density at radius 3 is 2.76 bits per heavy atom. The number of hydrogen-bond acceptors (Lipinski definition) is 5. The Bertz CT molecular complexity index is 841. The van der Waals surface area contributed by atoms with Gasteiger partial charge in [-0.2, -0.15) is 0 Å². The first kappa shape index (κ1) is 13.0. The molecule has 2 aromatic heterocycles. The van der Waals surface area contributed by atoms with E-state index < -0.39 is 4.92 Å². The molecule has 2 heterocycles. The number of hydrogen-bond donors (Lipinski definition) is 0. The normalized spacial score (nSPS) is 10.8. The maximum Gasteiger partial charge on any atom is 0.342 e. The largest absolute Gasteiger partial charge is 0.494 e. The van der Waals surface area contributed by atoms with Crippen LogP contribution >= 0.6 is 0 Å². The molecule has 7 nitrogen and oxygen atoms in total. The monoisotopic (exact) mass is 284 g/mol. The van der Waals surface area contributed by atoms with Crippen LogP contribution in [0.4, 0.5) is 5.82 Å². The van der Waals surface area contributed by atoms with Crippen molar-refractivity contribution in [1.82, 2.24) is 14.5 Å². The lowest BCUT2D eigenvalue weighted by Gasteiger charge is -2.05. The number of imidazole rings is 1. The maximum absolute atomic E-state index is 10.9. The van der Waals surface area contributed by atoms with Gasteiger partial charge in [-0.3, -0.25) is 0 Å². The summed E-state index contributed by atoms with van der Waals surface area (Å²) in [5.74, 6) is 1.01. The Morgan fingerprint density at radius 1 is 1.29 bits per heavy atom. The van der Waals surface area contributed by atoms with Crippen molar-refractivity contribution < 1.29 is 9.66 Å². The van der Waals surface area contributed by atoms with Crippen molar-refractivity contribution in [3.8, 4) is 17.3 Å². The molecule has 21 heavy (non-hydrogen) atoms. The zero-order chi connectivity index (χ0) is 15.0. The third kappa shape index (κ3) is 2.08. The summed E-state index contributed by atoms with van der Waals surface area (Å²) in [6, 6.07) is 9.30. The molecule has 0 aliphatic rings. The van der Waals surface area contributed by atoms with E-state index in [1.807, 2.05) is 24.3 Å². The van der Waals surface area contributed by atoms with Gasteiger partial charge in [0.25, 0.3) is 0 Å². The molecular formula is C14H12N4O3. The zero-order valence-electron chi connectivity index (χ0n) is 11.5. The topological polar surface area (TPSA) is 83.1 Å². The molecule has 0 amide bonds. The van der Waals surface area contributed by atoms with Gasteiger partial charge in [-0.15, -0.1) is 0 Å². The first-order chi connectivity index (χ1) is 10.1. The summed E-state index contributed by atoms with van der Waals surface area (Å²) in [5.41, 5.74) is 1.26. The molecule has 0 aliphatic heterocycles. The van der Waals surface area contributed by atoms with Gasteiger partial charge in [-0.1, -0.05) is 18.2 Å². The van der Waals surface area contributed by atoms with Crippen molar-refractivity contribution in [2.24, 2.45) is 7.05 Å². The van der Waals surface area contributed by atoms with Crippen LogP contribution in [0.5, 0.6) is 5.75 Å². The number of benzene rings is 1. The zero-order valence-corrected chi connectivity index (χ0v) is 11.5. The summed E-state index contributed by atoms with van der Waals surface area (Å²) in [6.07, 6.45) is 1.23. The Hall–Kier alpha value is -2.96. The molecule has 0 fully saturated rings. The summed E-state index contributed by atoms with van der Waals surface area (Å²) in [6.45, 7) is 0. The number of rotatable bonds is 3. The average molecular weight is 284 g/mol. The number of para-hydroxylation sites is 1. The smallest absolute Gasteiger partial charge is 0.342 e. The van der Waals surface area contributed by atoms with E-state index in [1.54, 1.807) is 20.2 Å².